The van der Waals surface area contributed by atoms with Crippen LogP contribution in [0.15, 0.2) is 12.2 Å². The first kappa shape index (κ1) is 10.1. The van der Waals surface area contributed by atoms with Crippen molar-refractivity contribution in [1.29, 1.82) is 0 Å². The normalized spacial score (nSPS) is 39.1. The monoisotopic (exact) mass is 218 g/mol. The zero-order valence-corrected chi connectivity index (χ0v) is 8.65. The molecule has 0 aliphatic carbocycles. The molecular weight excluding hydrogens is 208 g/mol. The molecule has 0 saturated carbocycles. The Balaban J connectivity index is 2.39. The Morgan fingerprint density at radius 3 is 2.64 bits per heavy atom. The predicted octanol–water partition coefficient (Wildman–Crippen LogP) is 0.489. The summed E-state index contributed by atoms with van der Waals surface area (Å²) in [5.74, 6) is -1.66. The summed E-state index contributed by atoms with van der Waals surface area (Å²) in [6.07, 6.45) is 2.66. The van der Waals surface area contributed by atoms with E-state index >= 15 is 0 Å². The number of alkyl halides is 1. The van der Waals surface area contributed by atoms with E-state index in [9.17, 15) is 4.79 Å². The number of Topliss-reactive ketones (excluding diaryl/α,β-unsaturated/α-hetero) is 1. The van der Waals surface area contributed by atoms with Gasteiger partial charge < -0.3 is 14.2 Å². The van der Waals surface area contributed by atoms with Gasteiger partial charge in [-0.2, -0.15) is 0 Å². The van der Waals surface area contributed by atoms with E-state index in [0.29, 0.717) is 0 Å². The van der Waals surface area contributed by atoms with Crippen molar-refractivity contribution in [3.63, 3.8) is 0 Å². The highest BCUT2D eigenvalue weighted by Gasteiger charge is 2.57. The molecule has 0 aromatic rings. The van der Waals surface area contributed by atoms with Crippen molar-refractivity contribution < 1.29 is 19.0 Å². The van der Waals surface area contributed by atoms with Crippen molar-refractivity contribution >= 4 is 17.4 Å². The van der Waals surface area contributed by atoms with Crippen LogP contribution in [0.2, 0.25) is 0 Å². The fourth-order valence-corrected chi connectivity index (χ4v) is 2.15. The molecule has 0 radical (unpaired) electrons. The maximum Gasteiger partial charge on any atom is 0.261 e. The van der Waals surface area contributed by atoms with Crippen molar-refractivity contribution in [2.45, 2.75) is 23.4 Å². The molecule has 5 heteroatoms. The molecule has 4 nitrogen and oxygen atoms in total. The van der Waals surface area contributed by atoms with E-state index in [1.54, 1.807) is 12.2 Å². The highest BCUT2D eigenvalue weighted by atomic mass is 35.5. The van der Waals surface area contributed by atoms with Gasteiger partial charge in [-0.05, 0) is 0 Å². The Kier molecular flexibility index (Phi) is 2.39. The summed E-state index contributed by atoms with van der Waals surface area (Å²) in [4.78, 5) is 11.9. The molecule has 1 unspecified atom stereocenters. The van der Waals surface area contributed by atoms with Crippen molar-refractivity contribution in [2.24, 2.45) is 0 Å². The molecule has 78 valence electrons. The summed E-state index contributed by atoms with van der Waals surface area (Å²) in [7, 11) is 2.81. The second-order valence-electron chi connectivity index (χ2n) is 3.25. The first-order valence-electron chi connectivity index (χ1n) is 4.28. The van der Waals surface area contributed by atoms with E-state index in [1.165, 1.54) is 14.2 Å². The molecule has 0 aromatic carbocycles. The van der Waals surface area contributed by atoms with Crippen molar-refractivity contribution in [3.05, 3.63) is 12.2 Å². The number of fused-ring (bicyclic) bond motifs is 2. The lowest BCUT2D eigenvalue weighted by Gasteiger charge is -2.39. The van der Waals surface area contributed by atoms with E-state index in [0.717, 1.165) is 0 Å². The zero-order chi connectivity index (χ0) is 10.3. The fraction of sp³-hybridized carbons (Fsp3) is 0.667. The molecule has 2 aliphatic rings. The van der Waals surface area contributed by atoms with Gasteiger partial charge in [0.1, 0.15) is 17.6 Å². The molecule has 0 amide bonds. The largest absolute Gasteiger partial charge is 0.359 e. The van der Waals surface area contributed by atoms with Gasteiger partial charge in [-0.15, -0.1) is 11.6 Å². The van der Waals surface area contributed by atoms with Crippen LogP contribution in [-0.2, 0) is 19.0 Å². The highest BCUT2D eigenvalue weighted by molar-refractivity contribution is 6.33. The van der Waals surface area contributed by atoms with Crippen molar-refractivity contribution in [3.8, 4) is 0 Å². The van der Waals surface area contributed by atoms with Gasteiger partial charge in [0.25, 0.3) is 5.79 Å². The van der Waals surface area contributed by atoms with Crippen LogP contribution >= 0.6 is 11.6 Å². The highest BCUT2D eigenvalue weighted by Crippen LogP contribution is 2.37. The van der Waals surface area contributed by atoms with E-state index < -0.39 is 17.3 Å². The van der Waals surface area contributed by atoms with Crippen LogP contribution in [0.5, 0.6) is 0 Å². The number of hydrogen-bond acceptors (Lipinski definition) is 4. The standard InChI is InChI=1S/C9H11ClO4/c1-12-9(13-2)6-4-3-5(14-6)7(10)8(9)11/h3-7H,1-2H3/t5-,6+,7?/m0/s1. The zero-order valence-electron chi connectivity index (χ0n) is 7.90. The molecule has 2 bridgehead atoms. The molecule has 14 heavy (non-hydrogen) atoms. The summed E-state index contributed by atoms with van der Waals surface area (Å²) < 4.78 is 15.7. The molecule has 0 aromatic heterocycles. The van der Waals surface area contributed by atoms with Gasteiger partial charge in [0.2, 0.25) is 5.78 Å². The number of carbonyl (C=O) groups is 1. The molecule has 1 saturated heterocycles. The molecule has 2 rings (SSSR count). The van der Waals surface area contributed by atoms with Gasteiger partial charge in [0, 0.05) is 14.2 Å². The molecule has 2 heterocycles. The lowest BCUT2D eigenvalue weighted by molar-refractivity contribution is -0.257. The second-order valence-corrected chi connectivity index (χ2v) is 3.72. The maximum atomic E-state index is 11.9. The summed E-state index contributed by atoms with van der Waals surface area (Å²) in [5.41, 5.74) is 0. The van der Waals surface area contributed by atoms with E-state index in [4.69, 9.17) is 25.8 Å². The number of rotatable bonds is 2. The fourth-order valence-electron chi connectivity index (χ4n) is 1.85. The van der Waals surface area contributed by atoms with E-state index in [-0.39, 0.29) is 11.9 Å². The summed E-state index contributed by atoms with van der Waals surface area (Å²) in [6, 6.07) is 0. The quantitative estimate of drug-likeness (QED) is 0.385. The minimum Gasteiger partial charge on any atom is -0.359 e. The van der Waals surface area contributed by atoms with Crippen LogP contribution in [0.4, 0.5) is 0 Å². The SMILES string of the molecule is COC1(OC)C(=O)C(Cl)[C@@H]2C=C[C@H]1O2. The number of halogens is 1. The van der Waals surface area contributed by atoms with Gasteiger partial charge in [-0.3, -0.25) is 4.79 Å². The molecule has 0 spiro atoms. The lowest BCUT2D eigenvalue weighted by atomic mass is 9.99. The third-order valence-corrected chi connectivity index (χ3v) is 3.09. The van der Waals surface area contributed by atoms with E-state index in [2.05, 4.69) is 0 Å². The molecule has 0 N–H and O–H groups in total. The smallest absolute Gasteiger partial charge is 0.261 e. The number of hydrogen-bond donors (Lipinski definition) is 0. The van der Waals surface area contributed by atoms with Crippen LogP contribution in [0.3, 0.4) is 0 Å². The number of methoxy groups -OCH3 is 2. The van der Waals surface area contributed by atoms with Crippen LogP contribution in [0, 0.1) is 0 Å². The summed E-state index contributed by atoms with van der Waals surface area (Å²) in [5, 5.41) is -0.745. The first-order chi connectivity index (χ1) is 6.65. The Bertz CT molecular complexity index is 285. The molecular formula is C9H11ClO4. The lowest BCUT2D eigenvalue weighted by Crippen LogP contribution is -2.60. The maximum absolute atomic E-state index is 11.9. The van der Waals surface area contributed by atoms with Crippen LogP contribution in [0.1, 0.15) is 0 Å². The summed E-state index contributed by atoms with van der Waals surface area (Å²) in [6.45, 7) is 0. The van der Waals surface area contributed by atoms with Gasteiger partial charge in [0.15, 0.2) is 0 Å². The molecule has 1 fully saturated rings. The van der Waals surface area contributed by atoms with Gasteiger partial charge in [0.05, 0.1) is 0 Å². The van der Waals surface area contributed by atoms with Crippen molar-refractivity contribution in [2.75, 3.05) is 14.2 Å². The topological polar surface area (TPSA) is 44.8 Å². The number of ether oxygens (including phenoxy) is 3. The summed E-state index contributed by atoms with van der Waals surface area (Å²) >= 11 is 5.92. The third kappa shape index (κ3) is 1.08. The number of ketones is 1. The number of carbonyl (C=O) groups excluding carboxylic acids is 1. The van der Waals surface area contributed by atoms with Crippen LogP contribution < -0.4 is 0 Å². The molecule has 2 aliphatic heterocycles. The Morgan fingerprint density at radius 1 is 1.43 bits per heavy atom. The average Bonchev–Trinajstić information content (AvgIpc) is 2.65. The van der Waals surface area contributed by atoms with E-state index in [1.807, 2.05) is 0 Å². The Labute approximate surface area is 86.8 Å². The predicted molar refractivity (Wildman–Crippen MR) is 49.2 cm³/mol. The Morgan fingerprint density at radius 2 is 2.07 bits per heavy atom. The minimum atomic E-state index is -1.38. The van der Waals surface area contributed by atoms with Crippen molar-refractivity contribution in [1.82, 2.24) is 0 Å². The van der Waals surface area contributed by atoms with Gasteiger partial charge >= 0.3 is 0 Å². The minimum absolute atomic E-state index is 0.282. The van der Waals surface area contributed by atoms with Gasteiger partial charge in [-0.1, -0.05) is 12.2 Å². The third-order valence-electron chi connectivity index (χ3n) is 2.64. The average molecular weight is 219 g/mol. The van der Waals surface area contributed by atoms with Crippen LogP contribution in [0.25, 0.3) is 0 Å². The van der Waals surface area contributed by atoms with Gasteiger partial charge in [-0.25, -0.2) is 0 Å². The second kappa shape index (κ2) is 3.31. The molecule has 3 atom stereocenters. The Hall–Kier alpha value is -0.420. The first-order valence-corrected chi connectivity index (χ1v) is 4.72. The van der Waals surface area contributed by atoms with Crippen LogP contribution in [-0.4, -0.2) is 43.4 Å².